The van der Waals surface area contributed by atoms with E-state index in [2.05, 4.69) is 10.3 Å². The van der Waals surface area contributed by atoms with Crippen LogP contribution in [0.4, 0.5) is 0 Å². The third kappa shape index (κ3) is 1.01. The summed E-state index contributed by atoms with van der Waals surface area (Å²) in [6.45, 7) is 1.92. The van der Waals surface area contributed by atoms with Crippen LogP contribution in [0.2, 0.25) is 0 Å². The van der Waals surface area contributed by atoms with Gasteiger partial charge in [-0.25, -0.2) is 0 Å². The average molecular weight is 129 g/mol. The molecule has 3 nitrogen and oxygen atoms in total. The van der Waals surface area contributed by atoms with Gasteiger partial charge in [-0.05, 0) is 18.9 Å². The lowest BCUT2D eigenvalue weighted by Crippen LogP contribution is -1.83. The van der Waals surface area contributed by atoms with E-state index in [4.69, 9.17) is 0 Å². The van der Waals surface area contributed by atoms with Crippen molar-refractivity contribution in [2.24, 2.45) is 0 Å². The molecule has 1 aromatic heterocycles. The van der Waals surface area contributed by atoms with Gasteiger partial charge in [0.05, 0.1) is 11.9 Å². The van der Waals surface area contributed by atoms with Crippen molar-refractivity contribution in [2.45, 2.75) is 6.92 Å². The lowest BCUT2D eigenvalue weighted by Gasteiger charge is -1.84. The van der Waals surface area contributed by atoms with E-state index in [1.54, 1.807) is 4.09 Å². The Bertz CT molecular complexity index is 172. The van der Waals surface area contributed by atoms with Crippen molar-refractivity contribution >= 4 is 11.9 Å². The van der Waals surface area contributed by atoms with Crippen LogP contribution < -0.4 is 0 Å². The summed E-state index contributed by atoms with van der Waals surface area (Å²) >= 11 is 1.53. The molecule has 0 saturated carbocycles. The highest BCUT2D eigenvalue weighted by atomic mass is 32.2. The molecular formula is C4H7N3S. The normalized spacial score (nSPS) is 9.75. The first-order chi connectivity index (χ1) is 3.83. The Morgan fingerprint density at radius 3 is 2.75 bits per heavy atom. The molecule has 0 N–H and O–H groups in total. The lowest BCUT2D eigenvalue weighted by atomic mass is 10.6. The molecule has 0 bridgehead atoms. The second kappa shape index (κ2) is 2.17. The molecule has 0 aliphatic heterocycles. The Kier molecular flexibility index (Phi) is 1.53. The molecule has 4 heteroatoms. The summed E-state index contributed by atoms with van der Waals surface area (Å²) in [7, 11) is 0. The van der Waals surface area contributed by atoms with Crippen LogP contribution in [-0.2, 0) is 0 Å². The fourth-order valence-corrected chi connectivity index (χ4v) is 0.783. The summed E-state index contributed by atoms with van der Waals surface area (Å²) in [5.74, 6) is 0. The van der Waals surface area contributed by atoms with Gasteiger partial charge in [0.25, 0.3) is 0 Å². The molecule has 0 aliphatic carbocycles. The van der Waals surface area contributed by atoms with Crippen LogP contribution in [0.1, 0.15) is 5.69 Å². The fourth-order valence-electron chi connectivity index (χ4n) is 0.415. The summed E-state index contributed by atoms with van der Waals surface area (Å²) in [6.07, 6.45) is 3.83. The maximum atomic E-state index is 3.78. The second-order valence-corrected chi connectivity index (χ2v) is 2.18. The third-order valence-corrected chi connectivity index (χ3v) is 1.33. The summed E-state index contributed by atoms with van der Waals surface area (Å²) < 4.78 is 1.72. The molecule has 1 aromatic rings. The van der Waals surface area contributed by atoms with E-state index in [1.807, 2.05) is 19.4 Å². The number of hydrogen-bond acceptors (Lipinski definition) is 3. The molecule has 0 amide bonds. The first-order valence-electron chi connectivity index (χ1n) is 2.26. The highest BCUT2D eigenvalue weighted by Crippen LogP contribution is 1.97. The van der Waals surface area contributed by atoms with Crippen LogP contribution in [0.25, 0.3) is 0 Å². The van der Waals surface area contributed by atoms with Gasteiger partial charge in [-0.3, -0.25) is 0 Å². The van der Waals surface area contributed by atoms with Gasteiger partial charge in [-0.2, -0.15) is 4.09 Å². The number of nitrogens with zero attached hydrogens (tertiary/aromatic N) is 3. The van der Waals surface area contributed by atoms with Crippen molar-refractivity contribution in [2.75, 3.05) is 6.26 Å². The smallest absolute Gasteiger partial charge is 0.0807 e. The van der Waals surface area contributed by atoms with Gasteiger partial charge in [0.15, 0.2) is 0 Å². The molecule has 0 saturated heterocycles. The summed E-state index contributed by atoms with van der Waals surface area (Å²) in [6, 6.07) is 0. The Morgan fingerprint density at radius 2 is 2.50 bits per heavy atom. The van der Waals surface area contributed by atoms with E-state index in [0.29, 0.717) is 0 Å². The highest BCUT2D eigenvalue weighted by molar-refractivity contribution is 7.97. The van der Waals surface area contributed by atoms with E-state index in [-0.39, 0.29) is 0 Å². The van der Waals surface area contributed by atoms with Crippen LogP contribution in [0, 0.1) is 6.92 Å². The molecule has 0 aliphatic rings. The van der Waals surface area contributed by atoms with E-state index in [1.165, 1.54) is 11.9 Å². The van der Waals surface area contributed by atoms with Gasteiger partial charge in [-0.15, -0.1) is 5.10 Å². The van der Waals surface area contributed by atoms with E-state index < -0.39 is 0 Å². The van der Waals surface area contributed by atoms with E-state index in [0.717, 1.165) is 5.69 Å². The summed E-state index contributed by atoms with van der Waals surface area (Å²) in [4.78, 5) is 0. The molecule has 0 spiro atoms. The molecule has 44 valence electrons. The van der Waals surface area contributed by atoms with Crippen LogP contribution in [-0.4, -0.2) is 20.7 Å². The van der Waals surface area contributed by atoms with Gasteiger partial charge < -0.3 is 0 Å². The maximum Gasteiger partial charge on any atom is 0.0807 e. The lowest BCUT2D eigenvalue weighted by molar-refractivity contribution is 0.885. The van der Waals surface area contributed by atoms with Crippen molar-refractivity contribution < 1.29 is 0 Å². The monoisotopic (exact) mass is 129 g/mol. The molecule has 0 fully saturated rings. The van der Waals surface area contributed by atoms with Crippen LogP contribution in [0.15, 0.2) is 6.20 Å². The average Bonchev–Trinajstić information content (AvgIpc) is 2.14. The van der Waals surface area contributed by atoms with Crippen molar-refractivity contribution in [1.82, 2.24) is 14.4 Å². The Morgan fingerprint density at radius 1 is 1.75 bits per heavy atom. The largest absolute Gasteiger partial charge is 0.194 e. The topological polar surface area (TPSA) is 30.7 Å². The molecular weight excluding hydrogens is 122 g/mol. The zero-order valence-electron chi connectivity index (χ0n) is 4.83. The van der Waals surface area contributed by atoms with Crippen molar-refractivity contribution in [3.63, 3.8) is 0 Å². The molecule has 0 radical (unpaired) electrons. The highest BCUT2D eigenvalue weighted by Gasteiger charge is 1.88. The molecule has 1 rings (SSSR count). The molecule has 0 atom stereocenters. The minimum atomic E-state index is 0.958. The minimum Gasteiger partial charge on any atom is -0.194 e. The van der Waals surface area contributed by atoms with Crippen LogP contribution in [0.3, 0.4) is 0 Å². The maximum absolute atomic E-state index is 3.78. The van der Waals surface area contributed by atoms with Crippen LogP contribution >= 0.6 is 11.9 Å². The quantitative estimate of drug-likeness (QED) is 0.559. The zero-order chi connectivity index (χ0) is 5.98. The van der Waals surface area contributed by atoms with Crippen molar-refractivity contribution in [3.8, 4) is 0 Å². The van der Waals surface area contributed by atoms with Crippen molar-refractivity contribution in [1.29, 1.82) is 0 Å². The van der Waals surface area contributed by atoms with Gasteiger partial charge in [0.2, 0.25) is 0 Å². The predicted octanol–water partition coefficient (Wildman–Crippen LogP) is 0.713. The van der Waals surface area contributed by atoms with Gasteiger partial charge in [-0.1, -0.05) is 5.21 Å². The molecule has 0 unspecified atom stereocenters. The molecule has 8 heavy (non-hydrogen) atoms. The van der Waals surface area contributed by atoms with E-state index >= 15 is 0 Å². The van der Waals surface area contributed by atoms with Crippen LogP contribution in [0.5, 0.6) is 0 Å². The SMILES string of the molecule is CSn1cc(C)nn1. The summed E-state index contributed by atoms with van der Waals surface area (Å²) in [5, 5.41) is 7.54. The Balaban J connectivity index is 2.84. The standard InChI is InChI=1S/C4H7N3S/c1-4-3-7(8-2)6-5-4/h3H,1-2H3. The first-order valence-corrected chi connectivity index (χ1v) is 3.44. The Hall–Kier alpha value is -0.510. The minimum absolute atomic E-state index is 0.958. The predicted molar refractivity (Wildman–Crippen MR) is 33.7 cm³/mol. The molecule has 0 aromatic carbocycles. The fraction of sp³-hybridized carbons (Fsp3) is 0.500. The molecule has 1 heterocycles. The first kappa shape index (κ1) is 5.62. The van der Waals surface area contributed by atoms with Gasteiger partial charge >= 0.3 is 0 Å². The number of aryl methyl sites for hydroxylation is 1. The number of rotatable bonds is 1. The number of hydrogen-bond donors (Lipinski definition) is 0. The number of aromatic nitrogens is 3. The van der Waals surface area contributed by atoms with Gasteiger partial charge in [0, 0.05) is 6.26 Å². The summed E-state index contributed by atoms with van der Waals surface area (Å²) in [5.41, 5.74) is 0.958. The van der Waals surface area contributed by atoms with Crippen molar-refractivity contribution in [3.05, 3.63) is 11.9 Å². The Labute approximate surface area is 52.2 Å². The van der Waals surface area contributed by atoms with E-state index in [9.17, 15) is 0 Å². The zero-order valence-corrected chi connectivity index (χ0v) is 5.64. The van der Waals surface area contributed by atoms with Gasteiger partial charge in [0.1, 0.15) is 0 Å². The third-order valence-electron chi connectivity index (χ3n) is 0.775. The second-order valence-electron chi connectivity index (χ2n) is 1.45.